The third-order valence-corrected chi connectivity index (χ3v) is 5.58. The van der Waals surface area contributed by atoms with Crippen LogP contribution in [0, 0.1) is 17.6 Å². The molecule has 150 valence electrons. The van der Waals surface area contributed by atoms with Gasteiger partial charge in [0.05, 0.1) is 0 Å². The van der Waals surface area contributed by atoms with Crippen molar-refractivity contribution >= 4 is 11.6 Å². The van der Waals surface area contributed by atoms with E-state index in [1.807, 2.05) is 11.8 Å². The van der Waals surface area contributed by atoms with E-state index in [9.17, 15) is 13.6 Å². The zero-order chi connectivity index (χ0) is 19.9. The molecule has 0 aromatic heterocycles. The van der Waals surface area contributed by atoms with Crippen molar-refractivity contribution in [2.24, 2.45) is 5.92 Å². The van der Waals surface area contributed by atoms with E-state index in [0.717, 1.165) is 50.0 Å². The first-order valence-electron chi connectivity index (χ1n) is 10.1. The molecule has 0 spiro atoms. The summed E-state index contributed by atoms with van der Waals surface area (Å²) in [5.41, 5.74) is 1.80. The van der Waals surface area contributed by atoms with Crippen LogP contribution < -0.4 is 10.2 Å². The molecule has 5 heteroatoms. The summed E-state index contributed by atoms with van der Waals surface area (Å²) in [5, 5.41) is 3.38. The summed E-state index contributed by atoms with van der Waals surface area (Å²) in [6.07, 6.45) is 3.96. The Morgan fingerprint density at radius 2 is 1.61 bits per heavy atom. The Hall–Kier alpha value is -2.27. The van der Waals surface area contributed by atoms with Crippen molar-refractivity contribution in [1.82, 2.24) is 5.32 Å². The number of nitrogens with zero attached hydrogens (tertiary/aromatic N) is 1. The topological polar surface area (TPSA) is 32.3 Å². The van der Waals surface area contributed by atoms with Crippen molar-refractivity contribution in [2.75, 3.05) is 18.0 Å². The first kappa shape index (κ1) is 20.5. The van der Waals surface area contributed by atoms with Gasteiger partial charge in [0.15, 0.2) is 0 Å². The average molecular weight is 386 g/mol. The predicted octanol–water partition coefficient (Wildman–Crippen LogP) is 4.71. The van der Waals surface area contributed by atoms with Gasteiger partial charge in [0.25, 0.3) is 0 Å². The molecule has 1 aliphatic rings. The number of carbonyl (C=O) groups excluding carboxylic acids is 1. The van der Waals surface area contributed by atoms with Gasteiger partial charge >= 0.3 is 0 Å². The van der Waals surface area contributed by atoms with Gasteiger partial charge in [-0.15, -0.1) is 0 Å². The molecule has 1 atom stereocenters. The van der Waals surface area contributed by atoms with Crippen LogP contribution in [0.5, 0.6) is 0 Å². The highest BCUT2D eigenvalue weighted by atomic mass is 19.1. The molecular weight excluding hydrogens is 358 g/mol. The zero-order valence-corrected chi connectivity index (χ0v) is 16.3. The van der Waals surface area contributed by atoms with E-state index in [-0.39, 0.29) is 23.6 Å². The Balaban J connectivity index is 1.87. The van der Waals surface area contributed by atoms with Gasteiger partial charge in [-0.1, -0.05) is 19.1 Å². The maximum absolute atomic E-state index is 13.4. The quantitative estimate of drug-likeness (QED) is 0.747. The lowest BCUT2D eigenvalue weighted by Gasteiger charge is -2.39. The zero-order valence-electron chi connectivity index (χ0n) is 16.3. The Bertz CT molecular complexity index is 755. The molecule has 1 amide bonds. The van der Waals surface area contributed by atoms with Gasteiger partial charge in [0, 0.05) is 18.2 Å². The fourth-order valence-corrected chi connectivity index (χ4v) is 4.06. The monoisotopic (exact) mass is 386 g/mol. The summed E-state index contributed by atoms with van der Waals surface area (Å²) in [5.74, 6) is -0.123. The molecule has 1 N–H and O–H groups in total. The normalized spacial score (nSPS) is 16.0. The Morgan fingerprint density at radius 3 is 2.18 bits per heavy atom. The highest BCUT2D eigenvalue weighted by Crippen LogP contribution is 2.30. The van der Waals surface area contributed by atoms with Crippen molar-refractivity contribution in [3.05, 3.63) is 65.7 Å². The fraction of sp³-hybridized carbons (Fsp3) is 0.435. The van der Waals surface area contributed by atoms with Crippen molar-refractivity contribution < 1.29 is 13.6 Å². The number of carbonyl (C=O) groups is 1. The maximum atomic E-state index is 13.4. The summed E-state index contributed by atoms with van der Waals surface area (Å²) in [7, 11) is 0. The molecule has 1 unspecified atom stereocenters. The molecular formula is C23H28F2N2O. The second kappa shape index (κ2) is 9.78. The molecule has 2 aromatic carbocycles. The van der Waals surface area contributed by atoms with Crippen LogP contribution >= 0.6 is 0 Å². The molecule has 0 aliphatic carbocycles. The molecule has 0 radical (unpaired) electrons. The summed E-state index contributed by atoms with van der Waals surface area (Å²) < 4.78 is 26.7. The van der Waals surface area contributed by atoms with E-state index >= 15 is 0 Å². The van der Waals surface area contributed by atoms with E-state index in [2.05, 4.69) is 5.32 Å². The number of benzene rings is 2. The minimum atomic E-state index is -0.308. The van der Waals surface area contributed by atoms with E-state index in [4.69, 9.17) is 0 Å². The van der Waals surface area contributed by atoms with Crippen molar-refractivity contribution in [3.8, 4) is 0 Å². The molecule has 2 aromatic rings. The smallest absolute Gasteiger partial charge is 0.226 e. The van der Waals surface area contributed by atoms with E-state index in [1.165, 1.54) is 24.3 Å². The number of anilines is 1. The molecule has 3 nitrogen and oxygen atoms in total. The van der Waals surface area contributed by atoms with Crippen LogP contribution in [0.25, 0.3) is 0 Å². The number of piperidine rings is 1. The number of aryl methyl sites for hydroxylation is 1. The summed E-state index contributed by atoms with van der Waals surface area (Å²) in [6.45, 7) is 3.74. The van der Waals surface area contributed by atoms with Crippen LogP contribution in [0.3, 0.4) is 0 Å². The molecule has 0 bridgehead atoms. The van der Waals surface area contributed by atoms with Gasteiger partial charge in [0.1, 0.15) is 11.6 Å². The minimum absolute atomic E-state index is 0.0325. The Kier molecular flexibility index (Phi) is 7.15. The van der Waals surface area contributed by atoms with Crippen LogP contribution in [-0.2, 0) is 11.2 Å². The average Bonchev–Trinajstić information content (AvgIpc) is 2.73. The number of hydrogen-bond donors (Lipinski definition) is 1. The number of nitrogens with one attached hydrogen (secondary N) is 1. The van der Waals surface area contributed by atoms with Gasteiger partial charge in [0.2, 0.25) is 5.91 Å². The maximum Gasteiger partial charge on any atom is 0.226 e. The van der Waals surface area contributed by atoms with Crippen molar-refractivity contribution in [1.29, 1.82) is 0 Å². The second-order valence-electron chi connectivity index (χ2n) is 7.41. The number of hydrogen-bond acceptors (Lipinski definition) is 2. The van der Waals surface area contributed by atoms with Gasteiger partial charge in [-0.25, -0.2) is 8.78 Å². The van der Waals surface area contributed by atoms with Crippen molar-refractivity contribution in [3.63, 3.8) is 0 Å². The number of rotatable bonds is 7. The highest BCUT2D eigenvalue weighted by Gasteiger charge is 2.32. The third kappa shape index (κ3) is 5.16. The lowest BCUT2D eigenvalue weighted by atomic mass is 9.85. The molecule has 1 aliphatic heterocycles. The Morgan fingerprint density at radius 1 is 1.04 bits per heavy atom. The summed E-state index contributed by atoms with van der Waals surface area (Å²) in [6, 6.07) is 12.8. The van der Waals surface area contributed by atoms with Gasteiger partial charge in [-0.3, -0.25) is 4.79 Å². The van der Waals surface area contributed by atoms with Crippen LogP contribution in [0.1, 0.15) is 38.2 Å². The van der Waals surface area contributed by atoms with Crippen LogP contribution in [0.2, 0.25) is 0 Å². The summed E-state index contributed by atoms with van der Waals surface area (Å²) in [4.78, 5) is 14.8. The fourth-order valence-electron chi connectivity index (χ4n) is 4.06. The van der Waals surface area contributed by atoms with Crippen LogP contribution in [-0.4, -0.2) is 25.0 Å². The minimum Gasteiger partial charge on any atom is -0.317 e. The molecule has 1 heterocycles. The number of amides is 1. The van der Waals surface area contributed by atoms with Gasteiger partial charge < -0.3 is 10.2 Å². The Labute approximate surface area is 165 Å². The lowest BCUT2D eigenvalue weighted by molar-refractivity contribution is -0.119. The molecule has 1 saturated heterocycles. The molecule has 28 heavy (non-hydrogen) atoms. The second-order valence-corrected chi connectivity index (χ2v) is 7.41. The van der Waals surface area contributed by atoms with E-state index < -0.39 is 0 Å². The summed E-state index contributed by atoms with van der Waals surface area (Å²) >= 11 is 0. The molecule has 3 rings (SSSR count). The van der Waals surface area contributed by atoms with Gasteiger partial charge in [-0.2, -0.15) is 0 Å². The number of halogens is 2. The van der Waals surface area contributed by atoms with Crippen LogP contribution in [0.4, 0.5) is 14.5 Å². The third-order valence-electron chi connectivity index (χ3n) is 5.58. The first-order valence-corrected chi connectivity index (χ1v) is 10.1. The van der Waals surface area contributed by atoms with Gasteiger partial charge in [-0.05, 0) is 86.7 Å². The first-order chi connectivity index (χ1) is 13.6. The van der Waals surface area contributed by atoms with Crippen molar-refractivity contribution in [2.45, 2.75) is 45.1 Å². The lowest BCUT2D eigenvalue weighted by Crippen LogP contribution is -2.48. The molecule has 1 fully saturated rings. The molecule has 0 saturated carbocycles. The SMILES string of the molecule is CCC(=O)N(c1ccc(F)cc1)C(CCc1ccc(F)cc1)C1CCNCC1. The van der Waals surface area contributed by atoms with E-state index in [0.29, 0.717) is 12.3 Å². The van der Waals surface area contributed by atoms with E-state index in [1.54, 1.807) is 24.3 Å². The largest absolute Gasteiger partial charge is 0.317 e. The predicted molar refractivity (Wildman–Crippen MR) is 108 cm³/mol. The standard InChI is InChI=1S/C23H28F2N2O/c1-2-23(28)27(21-10-8-20(25)9-11-21)22(18-13-15-26-16-14-18)12-5-17-3-6-19(24)7-4-17/h3-4,6-11,18,22,26H,2,5,12-16H2,1H3. The van der Waals surface area contributed by atoms with Crippen LogP contribution in [0.15, 0.2) is 48.5 Å². The highest BCUT2D eigenvalue weighted by molar-refractivity contribution is 5.93.